The number of aliphatic imine (C=N–C) groups is 2. The predicted octanol–water partition coefficient (Wildman–Crippen LogP) is 1.90. The van der Waals surface area contributed by atoms with Crippen molar-refractivity contribution in [2.75, 3.05) is 26.4 Å². The highest BCUT2D eigenvalue weighted by Crippen LogP contribution is 2.15. The molecule has 0 bridgehead atoms. The molecule has 3 heterocycles. The van der Waals surface area contributed by atoms with Crippen molar-refractivity contribution in [3.63, 3.8) is 0 Å². The van der Waals surface area contributed by atoms with Crippen LogP contribution in [0, 0.1) is 6.92 Å². The molecule has 2 aromatic rings. The van der Waals surface area contributed by atoms with E-state index in [0.29, 0.717) is 13.2 Å². The van der Waals surface area contributed by atoms with Gasteiger partial charge in [0.15, 0.2) is 0 Å². The molecule has 6 nitrogen and oxygen atoms in total. The van der Waals surface area contributed by atoms with Crippen LogP contribution in [0.3, 0.4) is 0 Å². The average Bonchev–Trinajstić information content (AvgIpc) is 3.16. The third kappa shape index (κ3) is 2.62. The van der Waals surface area contributed by atoms with Crippen LogP contribution in [0.4, 0.5) is 0 Å². The second-order valence-electron chi connectivity index (χ2n) is 5.76. The van der Waals surface area contributed by atoms with Crippen LogP contribution in [0.15, 0.2) is 28.2 Å². The molecule has 2 aliphatic rings. The van der Waals surface area contributed by atoms with Gasteiger partial charge in [-0.25, -0.2) is 9.98 Å². The number of hydrogen-bond acceptors (Lipinski definition) is 5. The van der Waals surface area contributed by atoms with Crippen molar-refractivity contribution in [1.82, 2.24) is 14.9 Å². The Labute approximate surface area is 128 Å². The first-order valence-corrected chi connectivity index (χ1v) is 7.67. The zero-order valence-electron chi connectivity index (χ0n) is 12.7. The topological polar surface area (TPSA) is 65.9 Å². The maximum absolute atomic E-state index is 5.40. The molecule has 0 amide bonds. The molecule has 1 fully saturated rings. The Kier molecular flexibility index (Phi) is 3.38. The first kappa shape index (κ1) is 13.5. The van der Waals surface area contributed by atoms with Crippen LogP contribution in [-0.2, 0) is 11.2 Å². The van der Waals surface area contributed by atoms with E-state index < -0.39 is 0 Å². The van der Waals surface area contributed by atoms with Gasteiger partial charge in [-0.05, 0) is 24.6 Å². The monoisotopic (exact) mass is 297 g/mol. The highest BCUT2D eigenvalue weighted by molar-refractivity contribution is 5.99. The molecule has 1 aromatic carbocycles. The minimum Gasteiger partial charge on any atom is -0.359 e. The number of benzene rings is 1. The van der Waals surface area contributed by atoms with Crippen molar-refractivity contribution in [2.24, 2.45) is 9.98 Å². The maximum Gasteiger partial charge on any atom is 0.132 e. The van der Waals surface area contributed by atoms with E-state index in [0.717, 1.165) is 54.6 Å². The zero-order valence-corrected chi connectivity index (χ0v) is 12.7. The van der Waals surface area contributed by atoms with E-state index >= 15 is 0 Å². The summed E-state index contributed by atoms with van der Waals surface area (Å²) in [6, 6.07) is 6.24. The average molecular weight is 297 g/mol. The predicted molar refractivity (Wildman–Crippen MR) is 86.4 cm³/mol. The molecular formula is C16H19N5O. The summed E-state index contributed by atoms with van der Waals surface area (Å²) in [6.07, 6.45) is 1.54. The summed E-state index contributed by atoms with van der Waals surface area (Å²) in [5.41, 5.74) is 3.30. The van der Waals surface area contributed by atoms with Crippen LogP contribution in [-0.4, -0.2) is 53.0 Å². The van der Waals surface area contributed by atoms with Crippen LogP contribution in [0.1, 0.15) is 17.8 Å². The molecule has 22 heavy (non-hydrogen) atoms. The minimum atomic E-state index is 0.645. The van der Waals surface area contributed by atoms with Gasteiger partial charge in [0, 0.05) is 19.5 Å². The lowest BCUT2D eigenvalue weighted by atomic mass is 10.2. The maximum atomic E-state index is 5.40. The van der Waals surface area contributed by atoms with Crippen LogP contribution < -0.4 is 0 Å². The van der Waals surface area contributed by atoms with Gasteiger partial charge in [0.2, 0.25) is 0 Å². The van der Waals surface area contributed by atoms with Crippen LogP contribution in [0.2, 0.25) is 0 Å². The van der Waals surface area contributed by atoms with Crippen molar-refractivity contribution < 1.29 is 4.74 Å². The van der Waals surface area contributed by atoms with Gasteiger partial charge in [0.05, 0.1) is 24.1 Å². The molecule has 1 N–H and O–H groups in total. The van der Waals surface area contributed by atoms with Gasteiger partial charge in [-0.3, -0.25) is 4.99 Å². The lowest BCUT2D eigenvalue weighted by Gasteiger charge is -2.20. The van der Waals surface area contributed by atoms with Crippen LogP contribution in [0.25, 0.3) is 11.0 Å². The normalized spacial score (nSPS) is 18.7. The second-order valence-corrected chi connectivity index (χ2v) is 5.76. The fourth-order valence-corrected chi connectivity index (χ4v) is 2.88. The van der Waals surface area contributed by atoms with Gasteiger partial charge in [0.25, 0.3) is 0 Å². The highest BCUT2D eigenvalue weighted by Gasteiger charge is 2.19. The number of fused-ring (bicyclic) bond motifs is 1. The number of amidine groups is 2. The first-order valence-electron chi connectivity index (χ1n) is 7.67. The Morgan fingerprint density at radius 2 is 2.32 bits per heavy atom. The molecular weight excluding hydrogens is 278 g/mol. The summed E-state index contributed by atoms with van der Waals surface area (Å²) in [5, 5.41) is 0. The molecule has 1 aromatic heterocycles. The summed E-state index contributed by atoms with van der Waals surface area (Å²) < 4.78 is 5.40. The number of ether oxygens (including phenoxy) is 1. The van der Waals surface area contributed by atoms with Crippen molar-refractivity contribution in [3.05, 3.63) is 29.6 Å². The Morgan fingerprint density at radius 3 is 3.18 bits per heavy atom. The number of nitrogens with one attached hydrogen (secondary N) is 1. The van der Waals surface area contributed by atoms with Crippen LogP contribution in [0.5, 0.6) is 0 Å². The third-order valence-electron chi connectivity index (χ3n) is 4.02. The number of hydrogen-bond donors (Lipinski definition) is 1. The number of aryl methyl sites for hydroxylation is 1. The lowest BCUT2D eigenvalue weighted by molar-refractivity contribution is 0.168. The fourth-order valence-electron chi connectivity index (χ4n) is 2.88. The minimum absolute atomic E-state index is 0.645. The summed E-state index contributed by atoms with van der Waals surface area (Å²) >= 11 is 0. The molecule has 0 radical (unpaired) electrons. The third-order valence-corrected chi connectivity index (χ3v) is 4.02. The molecule has 4 rings (SSSR count). The van der Waals surface area contributed by atoms with E-state index in [-0.39, 0.29) is 0 Å². The molecule has 0 unspecified atom stereocenters. The van der Waals surface area contributed by atoms with Crippen molar-refractivity contribution in [3.8, 4) is 0 Å². The van der Waals surface area contributed by atoms with Crippen molar-refractivity contribution in [1.29, 1.82) is 0 Å². The quantitative estimate of drug-likeness (QED) is 0.920. The first-order chi connectivity index (χ1) is 10.8. The number of aromatic nitrogens is 2. The summed E-state index contributed by atoms with van der Waals surface area (Å²) in [5.74, 6) is 2.86. The van der Waals surface area contributed by atoms with Gasteiger partial charge >= 0.3 is 0 Å². The number of imidazole rings is 1. The van der Waals surface area contributed by atoms with Crippen molar-refractivity contribution in [2.45, 2.75) is 19.8 Å². The van der Waals surface area contributed by atoms with E-state index in [4.69, 9.17) is 9.73 Å². The number of rotatable bonds is 2. The van der Waals surface area contributed by atoms with Gasteiger partial charge < -0.3 is 14.6 Å². The number of aromatic amines is 1. The van der Waals surface area contributed by atoms with Crippen LogP contribution >= 0.6 is 0 Å². The molecule has 6 heteroatoms. The summed E-state index contributed by atoms with van der Waals surface area (Å²) in [4.78, 5) is 19.4. The SMILES string of the molecule is Cc1ccc2nc(CC3=NCCC(N4CCOC4)=N3)[nH]c2c1. The van der Waals surface area contributed by atoms with Gasteiger partial charge in [-0.15, -0.1) is 0 Å². The van der Waals surface area contributed by atoms with E-state index in [2.05, 4.69) is 38.9 Å². The van der Waals surface area contributed by atoms with E-state index in [9.17, 15) is 0 Å². The lowest BCUT2D eigenvalue weighted by Crippen LogP contribution is -2.32. The Morgan fingerprint density at radius 1 is 1.36 bits per heavy atom. The molecule has 0 saturated carbocycles. The molecule has 114 valence electrons. The summed E-state index contributed by atoms with van der Waals surface area (Å²) in [7, 11) is 0. The standard InChI is InChI=1S/C16H19N5O/c1-11-2-3-12-13(8-11)19-15(18-12)9-14-17-5-4-16(20-14)21-6-7-22-10-21/h2-3,8H,4-7,9-10H2,1H3,(H,18,19). The van der Waals surface area contributed by atoms with E-state index in [1.165, 1.54) is 5.56 Å². The number of H-pyrrole nitrogens is 1. The van der Waals surface area contributed by atoms with E-state index in [1.807, 2.05) is 6.07 Å². The molecule has 0 atom stereocenters. The molecule has 2 aliphatic heterocycles. The zero-order chi connectivity index (χ0) is 14.9. The van der Waals surface area contributed by atoms with Gasteiger partial charge in [-0.1, -0.05) is 6.07 Å². The summed E-state index contributed by atoms with van der Waals surface area (Å²) in [6.45, 7) is 5.24. The van der Waals surface area contributed by atoms with Gasteiger partial charge in [0.1, 0.15) is 24.2 Å². The smallest absolute Gasteiger partial charge is 0.132 e. The van der Waals surface area contributed by atoms with Gasteiger partial charge in [-0.2, -0.15) is 0 Å². The number of nitrogens with zero attached hydrogens (tertiary/aromatic N) is 4. The highest BCUT2D eigenvalue weighted by atomic mass is 16.5. The second kappa shape index (κ2) is 5.53. The Bertz CT molecular complexity index is 755. The van der Waals surface area contributed by atoms with E-state index in [1.54, 1.807) is 0 Å². The molecule has 0 spiro atoms. The Hall–Kier alpha value is -2.21. The van der Waals surface area contributed by atoms with Crippen molar-refractivity contribution >= 4 is 22.7 Å². The molecule has 1 saturated heterocycles. The Balaban J connectivity index is 1.55. The molecule has 0 aliphatic carbocycles. The fraction of sp³-hybridized carbons (Fsp3) is 0.438. The largest absolute Gasteiger partial charge is 0.359 e.